The van der Waals surface area contributed by atoms with Gasteiger partial charge in [0.2, 0.25) is 0 Å². The monoisotopic (exact) mass is 462 g/mol. The Morgan fingerprint density at radius 2 is 1.38 bits per heavy atom. The third kappa shape index (κ3) is 11.4. The zero-order valence-electron chi connectivity index (χ0n) is 19.8. The lowest BCUT2D eigenvalue weighted by molar-refractivity contribution is 0.0536. The summed E-state index contributed by atoms with van der Waals surface area (Å²) in [6, 6.07) is 7.62. The normalized spacial score (nSPS) is 12.2. The molecule has 1 atom stereocenters. The predicted molar refractivity (Wildman–Crippen MR) is 133 cm³/mol. The van der Waals surface area contributed by atoms with Crippen molar-refractivity contribution in [3.8, 4) is 16.3 Å². The maximum Gasteiger partial charge on any atom is 0.147 e. The van der Waals surface area contributed by atoms with E-state index < -0.39 is 6.10 Å². The van der Waals surface area contributed by atoms with Gasteiger partial charge in [0.1, 0.15) is 28.5 Å². The standard InChI is InChI=1S/C26H42N2O3S/c1-2-3-4-5-6-7-8-9-10-11-12-13-14-15-25-27-28-26(32-25)22-16-18-24(19-17-22)31-21-23(30)20-29/h16-19,23,29-30H,2-15,20-21H2,1H3. The topological polar surface area (TPSA) is 75.5 Å². The maximum absolute atomic E-state index is 9.36. The zero-order chi connectivity index (χ0) is 22.9. The molecule has 0 fully saturated rings. The Balaban J connectivity index is 1.52. The molecule has 0 aliphatic rings. The molecule has 0 saturated heterocycles. The molecule has 2 aromatic rings. The number of hydrogen-bond acceptors (Lipinski definition) is 6. The van der Waals surface area contributed by atoms with E-state index in [1.165, 1.54) is 83.5 Å². The number of benzene rings is 1. The molecule has 0 radical (unpaired) electrons. The van der Waals surface area contributed by atoms with Gasteiger partial charge >= 0.3 is 0 Å². The van der Waals surface area contributed by atoms with Crippen molar-refractivity contribution in [1.82, 2.24) is 10.2 Å². The molecule has 1 aromatic carbocycles. The summed E-state index contributed by atoms with van der Waals surface area (Å²) >= 11 is 1.66. The van der Waals surface area contributed by atoms with Gasteiger partial charge < -0.3 is 14.9 Å². The number of aliphatic hydroxyl groups is 2. The summed E-state index contributed by atoms with van der Waals surface area (Å²) in [5.41, 5.74) is 1.02. The second kappa shape index (κ2) is 17.0. The highest BCUT2D eigenvalue weighted by atomic mass is 32.1. The first-order valence-electron chi connectivity index (χ1n) is 12.6. The van der Waals surface area contributed by atoms with Crippen LogP contribution < -0.4 is 4.74 Å². The fourth-order valence-electron chi connectivity index (χ4n) is 3.70. The van der Waals surface area contributed by atoms with Gasteiger partial charge in [0.25, 0.3) is 0 Å². The smallest absolute Gasteiger partial charge is 0.147 e. The van der Waals surface area contributed by atoms with Gasteiger partial charge in [0, 0.05) is 12.0 Å². The molecule has 0 bridgehead atoms. The van der Waals surface area contributed by atoms with Crippen LogP contribution in [0.25, 0.3) is 10.6 Å². The van der Waals surface area contributed by atoms with Crippen molar-refractivity contribution in [2.75, 3.05) is 13.2 Å². The Morgan fingerprint density at radius 3 is 1.94 bits per heavy atom. The van der Waals surface area contributed by atoms with Gasteiger partial charge in [-0.25, -0.2) is 0 Å². The van der Waals surface area contributed by atoms with Crippen LogP contribution in [0.3, 0.4) is 0 Å². The number of aromatic nitrogens is 2. The fraction of sp³-hybridized carbons (Fsp3) is 0.692. The summed E-state index contributed by atoms with van der Waals surface area (Å²) < 4.78 is 5.44. The average molecular weight is 463 g/mol. The third-order valence-electron chi connectivity index (χ3n) is 5.72. The van der Waals surface area contributed by atoms with Crippen LogP contribution in [0, 0.1) is 0 Å². The summed E-state index contributed by atoms with van der Waals surface area (Å²) in [5, 5.41) is 28.9. The first kappa shape index (κ1) is 26.7. The summed E-state index contributed by atoms with van der Waals surface area (Å²) in [5.74, 6) is 0.665. The third-order valence-corrected chi connectivity index (χ3v) is 6.75. The molecule has 1 aromatic heterocycles. The van der Waals surface area contributed by atoms with Crippen LogP contribution in [-0.4, -0.2) is 39.7 Å². The number of aliphatic hydroxyl groups excluding tert-OH is 2. The Hall–Kier alpha value is -1.50. The largest absolute Gasteiger partial charge is 0.491 e. The highest BCUT2D eigenvalue weighted by Gasteiger charge is 2.08. The van der Waals surface area contributed by atoms with Crippen molar-refractivity contribution in [3.63, 3.8) is 0 Å². The highest BCUT2D eigenvalue weighted by Crippen LogP contribution is 2.26. The predicted octanol–water partition coefficient (Wildman–Crippen LogP) is 6.57. The molecule has 6 heteroatoms. The molecule has 0 spiro atoms. The van der Waals surface area contributed by atoms with Gasteiger partial charge in [-0.3, -0.25) is 0 Å². The number of nitrogens with zero attached hydrogens (tertiary/aromatic N) is 2. The van der Waals surface area contributed by atoms with E-state index in [0.29, 0.717) is 5.75 Å². The molecule has 2 N–H and O–H groups in total. The maximum atomic E-state index is 9.36. The molecule has 1 heterocycles. The molecular formula is C26H42N2O3S. The van der Waals surface area contributed by atoms with Crippen LogP contribution in [0.5, 0.6) is 5.75 Å². The molecule has 32 heavy (non-hydrogen) atoms. The second-order valence-corrected chi connectivity index (χ2v) is 9.73. The lowest BCUT2D eigenvalue weighted by atomic mass is 10.0. The van der Waals surface area contributed by atoms with Crippen LogP contribution in [0.1, 0.15) is 95.4 Å². The summed E-state index contributed by atoms with van der Waals surface area (Å²) in [7, 11) is 0. The minimum Gasteiger partial charge on any atom is -0.491 e. The minimum absolute atomic E-state index is 0.0813. The van der Waals surface area contributed by atoms with Crippen molar-refractivity contribution in [2.45, 2.75) is 103 Å². The molecule has 0 saturated carbocycles. The van der Waals surface area contributed by atoms with E-state index in [2.05, 4.69) is 17.1 Å². The van der Waals surface area contributed by atoms with Crippen LogP contribution in [0.4, 0.5) is 0 Å². The molecule has 1 unspecified atom stereocenters. The van der Waals surface area contributed by atoms with Crippen molar-refractivity contribution in [3.05, 3.63) is 29.3 Å². The number of rotatable bonds is 19. The second-order valence-electron chi connectivity index (χ2n) is 8.67. The van der Waals surface area contributed by atoms with E-state index in [9.17, 15) is 5.11 Å². The lowest BCUT2D eigenvalue weighted by Gasteiger charge is -2.09. The number of unbranched alkanes of at least 4 members (excludes halogenated alkanes) is 12. The molecule has 180 valence electrons. The summed E-state index contributed by atoms with van der Waals surface area (Å²) in [4.78, 5) is 0. The SMILES string of the molecule is CCCCCCCCCCCCCCCc1nnc(-c2ccc(OCC(O)CO)cc2)s1. The Morgan fingerprint density at radius 1 is 0.812 bits per heavy atom. The van der Waals surface area contributed by atoms with Gasteiger partial charge in [0.15, 0.2) is 0 Å². The molecular weight excluding hydrogens is 420 g/mol. The van der Waals surface area contributed by atoms with Crippen molar-refractivity contribution >= 4 is 11.3 Å². The van der Waals surface area contributed by atoms with Crippen LogP contribution in [-0.2, 0) is 6.42 Å². The number of ether oxygens (including phenoxy) is 1. The van der Waals surface area contributed by atoms with Gasteiger partial charge in [-0.15, -0.1) is 10.2 Å². The van der Waals surface area contributed by atoms with E-state index in [-0.39, 0.29) is 13.2 Å². The Bertz CT molecular complexity index is 705. The van der Waals surface area contributed by atoms with Gasteiger partial charge in [0.05, 0.1) is 6.61 Å². The van der Waals surface area contributed by atoms with Gasteiger partial charge in [-0.1, -0.05) is 95.3 Å². The zero-order valence-corrected chi connectivity index (χ0v) is 20.6. The van der Waals surface area contributed by atoms with E-state index in [1.807, 2.05) is 24.3 Å². The van der Waals surface area contributed by atoms with Crippen molar-refractivity contribution in [2.24, 2.45) is 0 Å². The quantitative estimate of drug-likeness (QED) is 0.231. The fourth-order valence-corrected chi connectivity index (χ4v) is 4.59. The molecule has 5 nitrogen and oxygen atoms in total. The highest BCUT2D eigenvalue weighted by molar-refractivity contribution is 7.14. The van der Waals surface area contributed by atoms with E-state index in [1.54, 1.807) is 11.3 Å². The summed E-state index contributed by atoms with van der Waals surface area (Å²) in [6.45, 7) is 2.06. The number of aryl methyl sites for hydroxylation is 1. The van der Waals surface area contributed by atoms with Crippen LogP contribution in [0.2, 0.25) is 0 Å². The summed E-state index contributed by atoms with van der Waals surface area (Å²) in [6.07, 6.45) is 17.9. The van der Waals surface area contributed by atoms with Crippen LogP contribution >= 0.6 is 11.3 Å². The molecule has 2 rings (SSSR count). The molecule has 0 aliphatic carbocycles. The van der Waals surface area contributed by atoms with Crippen molar-refractivity contribution < 1.29 is 14.9 Å². The lowest BCUT2D eigenvalue weighted by Crippen LogP contribution is -2.21. The van der Waals surface area contributed by atoms with E-state index in [0.717, 1.165) is 22.0 Å². The van der Waals surface area contributed by atoms with E-state index in [4.69, 9.17) is 9.84 Å². The van der Waals surface area contributed by atoms with E-state index >= 15 is 0 Å². The Labute approximate surface area is 198 Å². The first-order valence-corrected chi connectivity index (χ1v) is 13.4. The van der Waals surface area contributed by atoms with Gasteiger partial charge in [-0.05, 0) is 30.7 Å². The first-order chi connectivity index (χ1) is 15.7. The minimum atomic E-state index is -0.856. The average Bonchev–Trinajstić information content (AvgIpc) is 3.29. The molecule has 0 aliphatic heterocycles. The van der Waals surface area contributed by atoms with Gasteiger partial charge in [-0.2, -0.15) is 0 Å². The van der Waals surface area contributed by atoms with Crippen molar-refractivity contribution in [1.29, 1.82) is 0 Å². The van der Waals surface area contributed by atoms with Crippen LogP contribution in [0.15, 0.2) is 24.3 Å². The Kier molecular flexibility index (Phi) is 14.2. The number of hydrogen-bond donors (Lipinski definition) is 2. The molecule has 0 amide bonds.